The van der Waals surface area contributed by atoms with Gasteiger partial charge in [-0.3, -0.25) is 0 Å². The van der Waals surface area contributed by atoms with Crippen LogP contribution in [0, 0.1) is 11.3 Å². The molecule has 92 valence electrons. The van der Waals surface area contributed by atoms with Crippen molar-refractivity contribution in [1.29, 1.82) is 5.26 Å². The Morgan fingerprint density at radius 2 is 1.88 bits per heavy atom. The van der Waals surface area contributed by atoms with E-state index in [1.165, 1.54) is 0 Å². The van der Waals surface area contributed by atoms with Crippen LogP contribution in [-0.2, 0) is 5.41 Å². The molecule has 0 aromatic heterocycles. The summed E-state index contributed by atoms with van der Waals surface area (Å²) in [6, 6.07) is 5.87. The van der Waals surface area contributed by atoms with E-state index in [2.05, 4.69) is 26.8 Å². The Balaban J connectivity index is 3.32. The standard InChI is InChI=1S/C14H18ClNO/c1-9(2)17-13-10(8-16)6-11(7-12(13)15)14(3,4)5/h6-7,9H,1-5H3. The quantitative estimate of drug-likeness (QED) is 0.785. The van der Waals surface area contributed by atoms with E-state index >= 15 is 0 Å². The van der Waals surface area contributed by atoms with Gasteiger partial charge >= 0.3 is 0 Å². The van der Waals surface area contributed by atoms with Crippen molar-refractivity contribution in [1.82, 2.24) is 0 Å². The number of ether oxygens (including phenoxy) is 1. The van der Waals surface area contributed by atoms with Crippen LogP contribution in [0.25, 0.3) is 0 Å². The number of nitrogens with zero attached hydrogens (tertiary/aromatic N) is 1. The topological polar surface area (TPSA) is 33.0 Å². The highest BCUT2D eigenvalue weighted by Crippen LogP contribution is 2.35. The van der Waals surface area contributed by atoms with Gasteiger partial charge in [-0.25, -0.2) is 0 Å². The van der Waals surface area contributed by atoms with Crippen LogP contribution in [0.15, 0.2) is 12.1 Å². The number of hydrogen-bond acceptors (Lipinski definition) is 2. The number of rotatable bonds is 2. The molecule has 1 aromatic rings. The molecule has 0 aliphatic carbocycles. The molecule has 0 unspecified atom stereocenters. The normalized spacial score (nSPS) is 11.4. The van der Waals surface area contributed by atoms with Crippen molar-refractivity contribution >= 4 is 11.6 Å². The van der Waals surface area contributed by atoms with E-state index in [4.69, 9.17) is 21.6 Å². The van der Waals surface area contributed by atoms with Crippen LogP contribution in [0.4, 0.5) is 0 Å². The van der Waals surface area contributed by atoms with Crippen LogP contribution in [0.5, 0.6) is 5.75 Å². The third-order valence-electron chi connectivity index (χ3n) is 2.38. The van der Waals surface area contributed by atoms with Crippen LogP contribution >= 0.6 is 11.6 Å². The lowest BCUT2D eigenvalue weighted by atomic mass is 9.86. The maximum absolute atomic E-state index is 9.16. The van der Waals surface area contributed by atoms with Gasteiger partial charge in [0.05, 0.1) is 16.7 Å². The zero-order chi connectivity index (χ0) is 13.2. The molecule has 2 nitrogen and oxygen atoms in total. The lowest BCUT2D eigenvalue weighted by Gasteiger charge is -2.21. The minimum absolute atomic E-state index is 0.0000803. The van der Waals surface area contributed by atoms with Gasteiger partial charge in [0.1, 0.15) is 6.07 Å². The summed E-state index contributed by atoms with van der Waals surface area (Å²) in [4.78, 5) is 0. The van der Waals surface area contributed by atoms with Crippen molar-refractivity contribution in [3.63, 3.8) is 0 Å². The lowest BCUT2D eigenvalue weighted by molar-refractivity contribution is 0.242. The van der Waals surface area contributed by atoms with Gasteiger partial charge < -0.3 is 4.74 Å². The SMILES string of the molecule is CC(C)Oc1c(Cl)cc(C(C)(C)C)cc1C#N. The first kappa shape index (κ1) is 13.9. The highest BCUT2D eigenvalue weighted by molar-refractivity contribution is 6.32. The van der Waals surface area contributed by atoms with Crippen molar-refractivity contribution in [2.24, 2.45) is 0 Å². The molecule has 1 rings (SSSR count). The van der Waals surface area contributed by atoms with Crippen LogP contribution in [0.2, 0.25) is 5.02 Å². The highest BCUT2D eigenvalue weighted by Gasteiger charge is 2.19. The molecule has 3 heteroatoms. The molecule has 0 aliphatic rings. The predicted molar refractivity (Wildman–Crippen MR) is 70.6 cm³/mol. The molecule has 0 radical (unpaired) electrons. The first-order chi connectivity index (χ1) is 7.75. The first-order valence-electron chi connectivity index (χ1n) is 5.66. The third kappa shape index (κ3) is 3.38. The fourth-order valence-electron chi connectivity index (χ4n) is 1.46. The van der Waals surface area contributed by atoms with Gasteiger partial charge in [-0.15, -0.1) is 0 Å². The fraction of sp³-hybridized carbons (Fsp3) is 0.500. The van der Waals surface area contributed by atoms with Gasteiger partial charge in [0.25, 0.3) is 0 Å². The summed E-state index contributed by atoms with van der Waals surface area (Å²) in [5, 5.41) is 9.66. The monoisotopic (exact) mass is 251 g/mol. The van der Waals surface area contributed by atoms with Gasteiger partial charge in [0.2, 0.25) is 0 Å². The molecular weight excluding hydrogens is 234 g/mol. The maximum atomic E-state index is 9.16. The summed E-state index contributed by atoms with van der Waals surface area (Å²) in [5.74, 6) is 0.483. The largest absolute Gasteiger partial charge is 0.488 e. The Morgan fingerprint density at radius 3 is 2.29 bits per heavy atom. The minimum atomic E-state index is -0.0361. The Bertz CT molecular complexity index is 453. The highest BCUT2D eigenvalue weighted by atomic mass is 35.5. The maximum Gasteiger partial charge on any atom is 0.156 e. The van der Waals surface area contributed by atoms with Gasteiger partial charge in [-0.1, -0.05) is 32.4 Å². The summed E-state index contributed by atoms with van der Waals surface area (Å²) in [6.45, 7) is 10.1. The summed E-state index contributed by atoms with van der Waals surface area (Å²) in [5.41, 5.74) is 1.50. The molecule has 0 saturated heterocycles. The second-order valence-electron chi connectivity index (χ2n) is 5.36. The Labute approximate surface area is 108 Å². The second-order valence-corrected chi connectivity index (χ2v) is 5.77. The van der Waals surface area contributed by atoms with Crippen LogP contribution in [0.1, 0.15) is 45.7 Å². The summed E-state index contributed by atoms with van der Waals surface area (Å²) < 4.78 is 5.58. The number of hydrogen-bond donors (Lipinski definition) is 0. The van der Waals surface area contributed by atoms with E-state index in [1.54, 1.807) is 0 Å². The van der Waals surface area contributed by atoms with Crippen molar-refractivity contribution in [3.8, 4) is 11.8 Å². The molecule has 17 heavy (non-hydrogen) atoms. The number of nitriles is 1. The van der Waals surface area contributed by atoms with Gasteiger partial charge in [0, 0.05) is 0 Å². The third-order valence-corrected chi connectivity index (χ3v) is 2.66. The number of benzene rings is 1. The van der Waals surface area contributed by atoms with Crippen molar-refractivity contribution in [2.75, 3.05) is 0 Å². The molecule has 0 N–H and O–H groups in total. The van der Waals surface area contributed by atoms with Crippen molar-refractivity contribution < 1.29 is 4.74 Å². The van der Waals surface area contributed by atoms with Crippen LogP contribution in [0.3, 0.4) is 0 Å². The second kappa shape index (κ2) is 4.98. The van der Waals surface area contributed by atoms with Crippen molar-refractivity contribution in [2.45, 2.75) is 46.1 Å². The molecule has 0 aliphatic heterocycles. The molecule has 0 saturated carbocycles. The average molecular weight is 252 g/mol. The molecule has 1 aromatic carbocycles. The Morgan fingerprint density at radius 1 is 1.29 bits per heavy atom. The average Bonchev–Trinajstić information content (AvgIpc) is 2.18. The van der Waals surface area contributed by atoms with E-state index in [9.17, 15) is 0 Å². The zero-order valence-electron chi connectivity index (χ0n) is 11.0. The molecular formula is C14H18ClNO. The first-order valence-corrected chi connectivity index (χ1v) is 6.04. The molecule has 0 heterocycles. The van der Waals surface area contributed by atoms with Crippen molar-refractivity contribution in [3.05, 3.63) is 28.3 Å². The van der Waals surface area contributed by atoms with E-state index < -0.39 is 0 Å². The Kier molecular flexibility index (Phi) is 4.06. The predicted octanol–water partition coefficient (Wildman–Crippen LogP) is 4.30. The lowest BCUT2D eigenvalue weighted by Crippen LogP contribution is -2.13. The Hall–Kier alpha value is -1.20. The smallest absolute Gasteiger partial charge is 0.156 e. The molecule has 0 atom stereocenters. The summed E-state index contributed by atoms with van der Waals surface area (Å²) in [7, 11) is 0. The fourth-order valence-corrected chi connectivity index (χ4v) is 1.73. The molecule has 0 amide bonds. The van der Waals surface area contributed by atoms with E-state index in [0.717, 1.165) is 5.56 Å². The molecule has 0 spiro atoms. The van der Waals surface area contributed by atoms with E-state index in [0.29, 0.717) is 16.3 Å². The van der Waals surface area contributed by atoms with Crippen LogP contribution in [-0.4, -0.2) is 6.10 Å². The van der Waals surface area contributed by atoms with Gasteiger partial charge in [-0.05, 0) is 37.0 Å². The van der Waals surface area contributed by atoms with E-state index in [1.807, 2.05) is 26.0 Å². The molecule has 0 bridgehead atoms. The zero-order valence-corrected chi connectivity index (χ0v) is 11.7. The molecule has 0 fully saturated rings. The number of halogens is 1. The van der Waals surface area contributed by atoms with Crippen LogP contribution < -0.4 is 4.74 Å². The summed E-state index contributed by atoms with van der Waals surface area (Å²) >= 11 is 6.19. The van der Waals surface area contributed by atoms with Gasteiger partial charge in [0.15, 0.2) is 5.75 Å². The van der Waals surface area contributed by atoms with E-state index in [-0.39, 0.29) is 11.5 Å². The van der Waals surface area contributed by atoms with Gasteiger partial charge in [-0.2, -0.15) is 5.26 Å². The summed E-state index contributed by atoms with van der Waals surface area (Å²) in [6.07, 6.45) is 0.0000803. The minimum Gasteiger partial charge on any atom is -0.488 e.